The second kappa shape index (κ2) is 15.7. The van der Waals surface area contributed by atoms with Crippen molar-refractivity contribution in [2.45, 2.75) is 0 Å². The van der Waals surface area contributed by atoms with Crippen LogP contribution in [0.25, 0.3) is 0 Å². The third-order valence-corrected chi connectivity index (χ3v) is 0. The Morgan fingerprint density at radius 2 is 1.14 bits per heavy atom. The van der Waals surface area contributed by atoms with Crippen LogP contribution in [0.15, 0.2) is 0 Å². The van der Waals surface area contributed by atoms with E-state index < -0.39 is 7.32 Å². The van der Waals surface area contributed by atoms with E-state index >= 15 is 0 Å². The quantitative estimate of drug-likeness (QED) is 0.293. The van der Waals surface area contributed by atoms with Gasteiger partial charge in [-0.15, -0.1) is 0 Å². The zero-order valence-corrected chi connectivity index (χ0v) is 4.26. The van der Waals surface area contributed by atoms with Gasteiger partial charge in [-0.1, -0.05) is 0 Å². The van der Waals surface area contributed by atoms with Crippen LogP contribution in [0.4, 0.5) is 0 Å². The van der Waals surface area contributed by atoms with Crippen molar-refractivity contribution in [3.8, 4) is 0 Å². The van der Waals surface area contributed by atoms with Crippen molar-refractivity contribution in [3.05, 3.63) is 0 Å². The summed E-state index contributed by atoms with van der Waals surface area (Å²) in [4.78, 5) is 0. The van der Waals surface area contributed by atoms with Gasteiger partial charge in [-0.25, -0.2) is 0 Å². The Morgan fingerprint density at radius 1 is 1.14 bits per heavy atom. The second-order valence-corrected chi connectivity index (χ2v) is 0.326. The molecule has 0 spiro atoms. The van der Waals surface area contributed by atoms with E-state index in [1.54, 1.807) is 0 Å². The van der Waals surface area contributed by atoms with E-state index in [9.17, 15) is 0 Å². The van der Waals surface area contributed by atoms with E-state index in [0.717, 1.165) is 0 Å². The van der Waals surface area contributed by atoms with Crippen LogP contribution in [0.2, 0.25) is 0 Å². The molecule has 0 saturated heterocycles. The molecule has 0 radical (unpaired) electrons. The van der Waals surface area contributed by atoms with Gasteiger partial charge in [-0.2, -0.15) is 0 Å². The predicted molar refractivity (Wildman–Crippen MR) is 10.2 cm³/mol. The molecule has 32 valence electrons. The molecule has 3 nitrogen and oxygen atoms in total. The van der Waals surface area contributed by atoms with Gasteiger partial charge in [0.15, 0.2) is 0 Å². The molecule has 0 aromatic heterocycles. The SMILES string of the molecule is [F-].[Li+].[Li+].[O-]B(O)O. The van der Waals surface area contributed by atoms with Crippen molar-refractivity contribution in [3.63, 3.8) is 0 Å². The Bertz CT molecular complexity index is 17.7. The van der Waals surface area contributed by atoms with E-state index in [2.05, 4.69) is 0 Å². The van der Waals surface area contributed by atoms with Gasteiger partial charge in [0.1, 0.15) is 0 Å². The summed E-state index contributed by atoms with van der Waals surface area (Å²) in [5, 5.41) is 22.8. The number of rotatable bonds is 0. The summed E-state index contributed by atoms with van der Waals surface area (Å²) < 4.78 is 0. The van der Waals surface area contributed by atoms with E-state index in [-0.39, 0.29) is 42.4 Å². The zero-order chi connectivity index (χ0) is 3.58. The summed E-state index contributed by atoms with van der Waals surface area (Å²) in [6, 6.07) is 0. The van der Waals surface area contributed by atoms with Crippen LogP contribution in [0.3, 0.4) is 0 Å². The number of halogens is 1. The summed E-state index contributed by atoms with van der Waals surface area (Å²) >= 11 is 0. The fraction of sp³-hybridized carbons (Fsp3) is 0. The van der Waals surface area contributed by atoms with Crippen LogP contribution in [-0.4, -0.2) is 17.4 Å². The Balaban J connectivity index is -0.0000000150. The molecule has 0 aromatic carbocycles. The summed E-state index contributed by atoms with van der Waals surface area (Å²) in [5.41, 5.74) is 0. The summed E-state index contributed by atoms with van der Waals surface area (Å²) in [6.45, 7) is 0. The maximum atomic E-state index is 8.64. The third-order valence-electron chi connectivity index (χ3n) is 0. The molecule has 0 atom stereocenters. The molecule has 0 rings (SSSR count). The van der Waals surface area contributed by atoms with Gasteiger partial charge < -0.3 is 19.8 Å². The fourth-order valence-corrected chi connectivity index (χ4v) is 0. The number of hydrogen-bond acceptors (Lipinski definition) is 3. The molecule has 7 heteroatoms. The van der Waals surface area contributed by atoms with Crippen LogP contribution >= 0.6 is 0 Å². The summed E-state index contributed by atoms with van der Waals surface area (Å²) in [7, 11) is -2.42. The minimum absolute atomic E-state index is 0. The van der Waals surface area contributed by atoms with Gasteiger partial charge >= 0.3 is 45.0 Å². The Hall–Kier alpha value is 1.07. The van der Waals surface area contributed by atoms with Crippen molar-refractivity contribution >= 4 is 7.32 Å². The molecule has 0 amide bonds. The standard InChI is InChI=1S/BH2O3.FH.2Li/c2-1(3)4;;;/h2-3H;1H;;/q-1;;2*+1/p-1. The van der Waals surface area contributed by atoms with Crippen LogP contribution in [0, 0.1) is 0 Å². The Labute approximate surface area is 65.0 Å². The van der Waals surface area contributed by atoms with Gasteiger partial charge in [0, 0.05) is 0 Å². The molecule has 0 fully saturated rings. The zero-order valence-electron chi connectivity index (χ0n) is 4.26. The van der Waals surface area contributed by atoms with Crippen molar-refractivity contribution in [1.29, 1.82) is 0 Å². The smallest absolute Gasteiger partial charge is 1.00 e. The molecule has 0 aliphatic rings. The largest absolute Gasteiger partial charge is 1.00 e. The van der Waals surface area contributed by atoms with Crippen molar-refractivity contribution < 1.29 is 57.5 Å². The molecule has 0 aromatic rings. The van der Waals surface area contributed by atoms with Crippen LogP contribution in [0.5, 0.6) is 0 Å². The molecule has 0 unspecified atom stereocenters. The average molecular weight is 93.7 g/mol. The van der Waals surface area contributed by atoms with Crippen molar-refractivity contribution in [1.82, 2.24) is 0 Å². The molecule has 0 heterocycles. The number of hydrogen-bond donors (Lipinski definition) is 2. The average Bonchev–Trinajstić information content (AvgIpc) is 0.811. The minimum Gasteiger partial charge on any atom is -1.00 e. The molecular formula is H2BFLi2O3. The molecule has 0 bridgehead atoms. The summed E-state index contributed by atoms with van der Waals surface area (Å²) in [6.07, 6.45) is 0. The first-order valence-electron chi connectivity index (χ1n) is 0.752. The first-order valence-corrected chi connectivity index (χ1v) is 0.752. The van der Waals surface area contributed by atoms with E-state index in [0.29, 0.717) is 0 Å². The maximum Gasteiger partial charge on any atom is 1.00 e. The fourth-order valence-electron chi connectivity index (χ4n) is 0. The normalized spacial score (nSPS) is 3.86. The van der Waals surface area contributed by atoms with Crippen molar-refractivity contribution in [2.75, 3.05) is 0 Å². The van der Waals surface area contributed by atoms with Gasteiger partial charge in [0.2, 0.25) is 0 Å². The topological polar surface area (TPSA) is 63.5 Å². The molecular weight excluding hydrogens is 91.7 g/mol. The van der Waals surface area contributed by atoms with Crippen LogP contribution in [-0.2, 0) is 0 Å². The monoisotopic (exact) mass is 94.0 g/mol. The van der Waals surface area contributed by atoms with Gasteiger partial charge in [-0.3, -0.25) is 0 Å². The minimum atomic E-state index is -2.42. The van der Waals surface area contributed by atoms with E-state index in [1.165, 1.54) is 0 Å². The second-order valence-electron chi connectivity index (χ2n) is 0.326. The molecule has 0 saturated carbocycles. The maximum absolute atomic E-state index is 8.64. The van der Waals surface area contributed by atoms with E-state index in [4.69, 9.17) is 15.1 Å². The van der Waals surface area contributed by atoms with E-state index in [1.807, 2.05) is 0 Å². The Kier molecular flexibility index (Phi) is 54.7. The van der Waals surface area contributed by atoms with Gasteiger partial charge in [-0.05, 0) is 0 Å². The first kappa shape index (κ1) is 24.4. The van der Waals surface area contributed by atoms with Crippen LogP contribution < -0.4 is 47.4 Å². The third kappa shape index (κ3) is 159. The van der Waals surface area contributed by atoms with Crippen LogP contribution in [0.1, 0.15) is 0 Å². The van der Waals surface area contributed by atoms with Gasteiger partial charge in [0.05, 0.1) is 0 Å². The molecule has 2 N–H and O–H groups in total. The Morgan fingerprint density at radius 3 is 1.14 bits per heavy atom. The first-order chi connectivity index (χ1) is 1.73. The van der Waals surface area contributed by atoms with Gasteiger partial charge in [0.25, 0.3) is 0 Å². The molecule has 7 heavy (non-hydrogen) atoms. The van der Waals surface area contributed by atoms with Crippen molar-refractivity contribution in [2.24, 2.45) is 0 Å². The predicted octanol–water partition coefficient (Wildman–Crippen LogP) is -11.7. The molecule has 0 aliphatic carbocycles. The molecule has 0 aliphatic heterocycles. The summed E-state index contributed by atoms with van der Waals surface area (Å²) in [5.74, 6) is 0.